The van der Waals surface area contributed by atoms with Gasteiger partial charge in [0.05, 0.1) is 12.7 Å². The number of esters is 1. The number of ether oxygens (including phenoxy) is 1. The Hall–Kier alpha value is -2.56. The van der Waals surface area contributed by atoms with Gasteiger partial charge in [0, 0.05) is 17.9 Å². The highest BCUT2D eigenvalue weighted by molar-refractivity contribution is 6.08. The fraction of sp³-hybridized carbons (Fsp3) is 0.368. The van der Waals surface area contributed by atoms with Crippen molar-refractivity contribution in [3.05, 3.63) is 52.3 Å². The van der Waals surface area contributed by atoms with Crippen molar-refractivity contribution in [2.75, 3.05) is 18.6 Å². The minimum atomic E-state index is -0.404. The maximum atomic E-state index is 13.1. The second kappa shape index (κ2) is 6.51. The van der Waals surface area contributed by atoms with Gasteiger partial charge in [-0.2, -0.15) is 0 Å². The molecule has 1 N–H and O–H groups in total. The molecule has 126 valence electrons. The van der Waals surface area contributed by atoms with Crippen molar-refractivity contribution in [1.29, 1.82) is 0 Å². The summed E-state index contributed by atoms with van der Waals surface area (Å²) in [4.78, 5) is 30.1. The molecule has 1 amide bonds. The number of amides is 1. The Morgan fingerprint density at radius 2 is 2.04 bits per heavy atom. The van der Waals surface area contributed by atoms with Crippen LogP contribution in [0.25, 0.3) is 0 Å². The first-order chi connectivity index (χ1) is 11.6. The summed E-state index contributed by atoms with van der Waals surface area (Å²) in [5.41, 5.74) is 4.50. The summed E-state index contributed by atoms with van der Waals surface area (Å²) in [5, 5.41) is 0. The molecular formula is C19H22N2O3. The molecule has 0 saturated carbocycles. The normalized spacial score (nSPS) is 13.5. The lowest BCUT2D eigenvalue weighted by molar-refractivity contribution is 0.0599. The standard InChI is InChI=1S/C19H22N2O3/c1-4-14-16(19(23)24-3)12(2)17(20-14)18(22)21-11-7-9-13-8-5-6-10-15(13)21/h5-6,8,10,20H,4,7,9,11H2,1-3H3. The van der Waals surface area contributed by atoms with Crippen LogP contribution < -0.4 is 4.90 Å². The second-order valence-electron chi connectivity index (χ2n) is 6.01. The largest absolute Gasteiger partial charge is 0.465 e. The molecule has 0 atom stereocenters. The van der Waals surface area contributed by atoms with Gasteiger partial charge in [0.2, 0.25) is 0 Å². The molecule has 1 aromatic carbocycles. The number of aromatic amines is 1. The zero-order chi connectivity index (χ0) is 17.3. The molecule has 0 unspecified atom stereocenters. The first-order valence-electron chi connectivity index (χ1n) is 8.28. The fourth-order valence-corrected chi connectivity index (χ4v) is 3.40. The number of aromatic nitrogens is 1. The van der Waals surface area contributed by atoms with E-state index in [4.69, 9.17) is 4.74 Å². The van der Waals surface area contributed by atoms with Crippen LogP contribution in [0.1, 0.15) is 51.0 Å². The molecule has 0 bridgehead atoms. The van der Waals surface area contributed by atoms with Gasteiger partial charge in [-0.3, -0.25) is 4.79 Å². The number of hydrogen-bond acceptors (Lipinski definition) is 3. The number of nitrogens with zero attached hydrogens (tertiary/aromatic N) is 1. The van der Waals surface area contributed by atoms with Crippen LogP contribution in [0.2, 0.25) is 0 Å². The van der Waals surface area contributed by atoms with E-state index in [0.29, 0.717) is 29.8 Å². The van der Waals surface area contributed by atoms with E-state index < -0.39 is 5.97 Å². The molecule has 5 nitrogen and oxygen atoms in total. The van der Waals surface area contributed by atoms with Crippen molar-refractivity contribution in [1.82, 2.24) is 4.98 Å². The van der Waals surface area contributed by atoms with E-state index in [1.54, 1.807) is 11.8 Å². The average Bonchev–Trinajstić information content (AvgIpc) is 2.96. The van der Waals surface area contributed by atoms with Gasteiger partial charge in [-0.05, 0) is 43.4 Å². The lowest BCUT2D eigenvalue weighted by Crippen LogP contribution is -2.36. The van der Waals surface area contributed by atoms with E-state index in [9.17, 15) is 9.59 Å². The lowest BCUT2D eigenvalue weighted by atomic mass is 10.0. The molecule has 1 aliphatic heterocycles. The lowest BCUT2D eigenvalue weighted by Gasteiger charge is -2.29. The number of para-hydroxylation sites is 1. The van der Waals surface area contributed by atoms with Gasteiger partial charge < -0.3 is 14.6 Å². The van der Waals surface area contributed by atoms with E-state index in [1.165, 1.54) is 12.7 Å². The van der Waals surface area contributed by atoms with Crippen molar-refractivity contribution in [3.8, 4) is 0 Å². The van der Waals surface area contributed by atoms with E-state index in [-0.39, 0.29) is 5.91 Å². The maximum absolute atomic E-state index is 13.1. The van der Waals surface area contributed by atoms with Crippen LogP contribution >= 0.6 is 0 Å². The molecule has 0 spiro atoms. The summed E-state index contributed by atoms with van der Waals surface area (Å²) >= 11 is 0. The van der Waals surface area contributed by atoms with E-state index in [1.807, 2.05) is 25.1 Å². The first-order valence-corrected chi connectivity index (χ1v) is 8.28. The fourth-order valence-electron chi connectivity index (χ4n) is 3.40. The van der Waals surface area contributed by atoms with Crippen LogP contribution in [-0.4, -0.2) is 30.5 Å². The minimum absolute atomic E-state index is 0.0931. The first kappa shape index (κ1) is 16.3. The molecule has 2 heterocycles. The van der Waals surface area contributed by atoms with E-state index in [2.05, 4.69) is 11.1 Å². The molecule has 24 heavy (non-hydrogen) atoms. The number of methoxy groups -OCH3 is 1. The third kappa shape index (κ3) is 2.60. The van der Waals surface area contributed by atoms with Crippen molar-refractivity contribution < 1.29 is 14.3 Å². The Morgan fingerprint density at radius 3 is 2.75 bits per heavy atom. The summed E-state index contributed by atoms with van der Waals surface area (Å²) in [6.07, 6.45) is 2.55. The molecule has 1 aromatic heterocycles. The summed E-state index contributed by atoms with van der Waals surface area (Å²) < 4.78 is 4.87. The Labute approximate surface area is 141 Å². The summed E-state index contributed by atoms with van der Waals surface area (Å²) in [5.74, 6) is -0.497. The molecular weight excluding hydrogens is 304 g/mol. The SMILES string of the molecule is CCc1[nH]c(C(=O)N2CCCc3ccccc32)c(C)c1C(=O)OC. The second-order valence-corrected chi connectivity index (χ2v) is 6.01. The Balaban J connectivity index is 2.03. The summed E-state index contributed by atoms with van der Waals surface area (Å²) in [6.45, 7) is 4.43. The Kier molecular flexibility index (Phi) is 4.42. The Bertz CT molecular complexity index is 792. The number of fused-ring (bicyclic) bond motifs is 1. The van der Waals surface area contributed by atoms with Crippen LogP contribution in [0.3, 0.4) is 0 Å². The zero-order valence-electron chi connectivity index (χ0n) is 14.3. The van der Waals surface area contributed by atoms with Gasteiger partial charge >= 0.3 is 5.97 Å². The monoisotopic (exact) mass is 326 g/mol. The maximum Gasteiger partial charge on any atom is 0.339 e. The number of hydrogen-bond donors (Lipinski definition) is 1. The molecule has 0 aliphatic carbocycles. The van der Waals surface area contributed by atoms with Crippen molar-refractivity contribution in [2.45, 2.75) is 33.1 Å². The van der Waals surface area contributed by atoms with Gasteiger partial charge in [0.1, 0.15) is 5.69 Å². The van der Waals surface area contributed by atoms with Gasteiger partial charge in [-0.1, -0.05) is 25.1 Å². The van der Waals surface area contributed by atoms with Crippen LogP contribution in [0.5, 0.6) is 0 Å². The van der Waals surface area contributed by atoms with Crippen LogP contribution in [-0.2, 0) is 17.6 Å². The number of rotatable bonds is 3. The molecule has 0 fully saturated rings. The predicted octanol–water partition coefficient (Wildman–Crippen LogP) is 3.27. The number of carbonyl (C=O) groups excluding carboxylic acids is 2. The van der Waals surface area contributed by atoms with Gasteiger partial charge in [0.15, 0.2) is 0 Å². The highest BCUT2D eigenvalue weighted by atomic mass is 16.5. The Morgan fingerprint density at radius 1 is 1.29 bits per heavy atom. The summed E-state index contributed by atoms with van der Waals surface area (Å²) in [6, 6.07) is 7.99. The van der Waals surface area contributed by atoms with E-state index >= 15 is 0 Å². The quantitative estimate of drug-likeness (QED) is 0.881. The number of anilines is 1. The molecule has 2 aromatic rings. The smallest absolute Gasteiger partial charge is 0.339 e. The van der Waals surface area contributed by atoms with Crippen molar-refractivity contribution in [2.24, 2.45) is 0 Å². The van der Waals surface area contributed by atoms with Gasteiger partial charge in [-0.15, -0.1) is 0 Å². The molecule has 1 aliphatic rings. The number of benzene rings is 1. The number of aryl methyl sites for hydroxylation is 2. The molecule has 0 saturated heterocycles. The number of nitrogens with one attached hydrogen (secondary N) is 1. The third-order valence-corrected chi connectivity index (χ3v) is 4.64. The third-order valence-electron chi connectivity index (χ3n) is 4.64. The van der Waals surface area contributed by atoms with Crippen molar-refractivity contribution in [3.63, 3.8) is 0 Å². The van der Waals surface area contributed by atoms with Crippen LogP contribution in [0, 0.1) is 6.92 Å². The highest BCUT2D eigenvalue weighted by Crippen LogP contribution is 2.29. The molecule has 0 radical (unpaired) electrons. The minimum Gasteiger partial charge on any atom is -0.465 e. The number of carbonyl (C=O) groups is 2. The topological polar surface area (TPSA) is 62.4 Å². The average molecular weight is 326 g/mol. The molecule has 5 heteroatoms. The molecule has 3 rings (SSSR count). The van der Waals surface area contributed by atoms with Gasteiger partial charge in [0.25, 0.3) is 5.91 Å². The zero-order valence-corrected chi connectivity index (χ0v) is 14.3. The van der Waals surface area contributed by atoms with Crippen molar-refractivity contribution >= 4 is 17.6 Å². The predicted molar refractivity (Wildman–Crippen MR) is 92.7 cm³/mol. The van der Waals surface area contributed by atoms with E-state index in [0.717, 1.165) is 24.2 Å². The number of H-pyrrole nitrogens is 1. The summed E-state index contributed by atoms with van der Waals surface area (Å²) in [7, 11) is 1.36. The van der Waals surface area contributed by atoms with Gasteiger partial charge in [-0.25, -0.2) is 4.79 Å². The van der Waals surface area contributed by atoms with Crippen LogP contribution in [0.15, 0.2) is 24.3 Å². The van der Waals surface area contributed by atoms with Crippen LogP contribution in [0.4, 0.5) is 5.69 Å². The highest BCUT2D eigenvalue weighted by Gasteiger charge is 2.29.